The molecule has 0 aliphatic rings. The van der Waals surface area contributed by atoms with Gasteiger partial charge in [0.25, 0.3) is 0 Å². The van der Waals surface area contributed by atoms with Crippen molar-refractivity contribution >= 4 is 17.7 Å². The number of aryl methyl sites for hydroxylation is 1. The van der Waals surface area contributed by atoms with E-state index in [1.807, 2.05) is 39.0 Å². The van der Waals surface area contributed by atoms with Crippen molar-refractivity contribution in [2.45, 2.75) is 26.7 Å². The van der Waals surface area contributed by atoms with E-state index >= 15 is 0 Å². The largest absolute Gasteiger partial charge is 0.480 e. The maximum absolute atomic E-state index is 12.3. The Kier molecular flexibility index (Phi) is 5.96. The summed E-state index contributed by atoms with van der Waals surface area (Å²) in [5.74, 6) is -0.798. The third-order valence-corrected chi connectivity index (χ3v) is 3.12. The van der Waals surface area contributed by atoms with Crippen LogP contribution in [0.2, 0.25) is 0 Å². The van der Waals surface area contributed by atoms with Crippen molar-refractivity contribution in [3.63, 3.8) is 0 Å². The summed E-state index contributed by atoms with van der Waals surface area (Å²) in [6.45, 7) is 9.37. The van der Waals surface area contributed by atoms with E-state index in [4.69, 9.17) is 5.11 Å². The van der Waals surface area contributed by atoms with Crippen LogP contribution < -0.4 is 5.32 Å². The van der Waals surface area contributed by atoms with E-state index in [0.717, 1.165) is 16.8 Å². The number of carbonyl (C=O) groups is 2. The Bertz CT molecular complexity index is 538. The van der Waals surface area contributed by atoms with Crippen LogP contribution in [0.1, 0.15) is 30.9 Å². The van der Waals surface area contributed by atoms with Crippen LogP contribution in [0.3, 0.4) is 0 Å². The fourth-order valence-corrected chi connectivity index (χ4v) is 2.07. The van der Waals surface area contributed by atoms with Crippen LogP contribution in [0, 0.1) is 6.92 Å². The molecule has 0 radical (unpaired) electrons. The molecule has 114 valence electrons. The Labute approximate surface area is 125 Å². The zero-order chi connectivity index (χ0) is 16.0. The Morgan fingerprint density at radius 1 is 1.43 bits per heavy atom. The van der Waals surface area contributed by atoms with E-state index in [1.54, 1.807) is 0 Å². The Morgan fingerprint density at radius 3 is 2.62 bits per heavy atom. The van der Waals surface area contributed by atoms with Gasteiger partial charge in [0.1, 0.15) is 6.54 Å². The minimum Gasteiger partial charge on any atom is -0.480 e. The van der Waals surface area contributed by atoms with Crippen molar-refractivity contribution in [1.29, 1.82) is 0 Å². The number of anilines is 1. The van der Waals surface area contributed by atoms with Crippen LogP contribution in [0.25, 0.3) is 0 Å². The SMILES string of the molecule is C=CCN(CC(=O)O)C(=O)Nc1c(C)cccc1C(C)C. The number of hydrogen-bond acceptors (Lipinski definition) is 2. The first-order valence-electron chi connectivity index (χ1n) is 6.85. The molecule has 0 saturated carbocycles. The maximum Gasteiger partial charge on any atom is 0.323 e. The van der Waals surface area contributed by atoms with Gasteiger partial charge < -0.3 is 15.3 Å². The zero-order valence-corrected chi connectivity index (χ0v) is 12.7. The van der Waals surface area contributed by atoms with E-state index < -0.39 is 12.0 Å². The number of urea groups is 1. The molecular formula is C16H22N2O3. The topological polar surface area (TPSA) is 69.6 Å². The summed E-state index contributed by atoms with van der Waals surface area (Å²) in [6.07, 6.45) is 1.50. The Balaban J connectivity index is 3.00. The minimum atomic E-state index is -1.05. The molecule has 0 spiro atoms. The van der Waals surface area contributed by atoms with Crippen molar-refractivity contribution in [2.24, 2.45) is 0 Å². The molecule has 0 fully saturated rings. The second-order valence-corrected chi connectivity index (χ2v) is 5.19. The lowest BCUT2D eigenvalue weighted by Crippen LogP contribution is -2.39. The van der Waals surface area contributed by atoms with E-state index in [0.29, 0.717) is 0 Å². The summed E-state index contributed by atoms with van der Waals surface area (Å²) in [5.41, 5.74) is 2.72. The standard InChI is InChI=1S/C16H22N2O3/c1-5-9-18(10-14(19)20)16(21)17-15-12(4)7-6-8-13(15)11(2)3/h5-8,11H,1,9-10H2,2-4H3,(H,17,21)(H,19,20). The van der Waals surface area contributed by atoms with Crippen LogP contribution in [0.5, 0.6) is 0 Å². The summed E-state index contributed by atoms with van der Waals surface area (Å²) in [4.78, 5) is 24.3. The molecule has 0 aliphatic carbocycles. The van der Waals surface area contributed by atoms with Gasteiger partial charge in [0, 0.05) is 12.2 Å². The molecule has 0 unspecified atom stereocenters. The minimum absolute atomic E-state index is 0.182. The van der Waals surface area contributed by atoms with Crippen LogP contribution >= 0.6 is 0 Å². The third-order valence-electron chi connectivity index (χ3n) is 3.12. The van der Waals surface area contributed by atoms with Crippen LogP contribution in [-0.4, -0.2) is 35.1 Å². The van der Waals surface area contributed by atoms with Crippen molar-refractivity contribution in [1.82, 2.24) is 4.90 Å². The molecule has 0 saturated heterocycles. The van der Waals surface area contributed by atoms with Crippen LogP contribution in [0.4, 0.5) is 10.5 Å². The van der Waals surface area contributed by atoms with Crippen LogP contribution in [0.15, 0.2) is 30.9 Å². The highest BCUT2D eigenvalue weighted by Gasteiger charge is 2.18. The second kappa shape index (κ2) is 7.47. The molecule has 0 aromatic heterocycles. The lowest BCUT2D eigenvalue weighted by molar-refractivity contribution is -0.137. The molecule has 2 amide bonds. The normalized spacial score (nSPS) is 10.3. The first kappa shape index (κ1) is 16.8. The van der Waals surface area contributed by atoms with Gasteiger partial charge in [-0.15, -0.1) is 6.58 Å². The van der Waals surface area contributed by atoms with Gasteiger partial charge in [0.15, 0.2) is 0 Å². The monoisotopic (exact) mass is 290 g/mol. The molecule has 0 aliphatic heterocycles. The summed E-state index contributed by atoms with van der Waals surface area (Å²) < 4.78 is 0. The molecule has 21 heavy (non-hydrogen) atoms. The second-order valence-electron chi connectivity index (χ2n) is 5.19. The lowest BCUT2D eigenvalue weighted by atomic mass is 9.98. The molecule has 5 heteroatoms. The molecule has 1 aromatic carbocycles. The van der Waals surface area contributed by atoms with Crippen molar-refractivity contribution in [3.8, 4) is 0 Å². The van der Waals surface area contributed by atoms with Crippen molar-refractivity contribution in [2.75, 3.05) is 18.4 Å². The number of aliphatic carboxylic acids is 1. The quantitative estimate of drug-likeness (QED) is 0.790. The fraction of sp³-hybridized carbons (Fsp3) is 0.375. The Hall–Kier alpha value is -2.30. The maximum atomic E-state index is 12.3. The number of nitrogens with zero attached hydrogens (tertiary/aromatic N) is 1. The predicted molar refractivity (Wildman–Crippen MR) is 83.7 cm³/mol. The van der Waals surface area contributed by atoms with Gasteiger partial charge in [-0.25, -0.2) is 4.79 Å². The molecular weight excluding hydrogens is 268 g/mol. The van der Waals surface area contributed by atoms with Gasteiger partial charge in [-0.2, -0.15) is 0 Å². The Morgan fingerprint density at radius 2 is 2.10 bits per heavy atom. The number of carboxylic acid groups (broad SMARTS) is 1. The van der Waals surface area contributed by atoms with Gasteiger partial charge >= 0.3 is 12.0 Å². The lowest BCUT2D eigenvalue weighted by Gasteiger charge is -2.22. The number of hydrogen-bond donors (Lipinski definition) is 2. The number of amides is 2. The van der Waals surface area contributed by atoms with Crippen LogP contribution in [-0.2, 0) is 4.79 Å². The molecule has 1 aromatic rings. The molecule has 0 heterocycles. The van der Waals surface area contributed by atoms with Crippen molar-refractivity contribution in [3.05, 3.63) is 42.0 Å². The molecule has 1 rings (SSSR count). The van der Waals surface area contributed by atoms with E-state index in [2.05, 4.69) is 11.9 Å². The summed E-state index contributed by atoms with van der Waals surface area (Å²) in [7, 11) is 0. The summed E-state index contributed by atoms with van der Waals surface area (Å²) >= 11 is 0. The van der Waals surface area contributed by atoms with E-state index in [1.165, 1.54) is 11.0 Å². The third kappa shape index (κ3) is 4.63. The highest BCUT2D eigenvalue weighted by Crippen LogP contribution is 2.27. The average Bonchev–Trinajstić information content (AvgIpc) is 2.39. The molecule has 2 N–H and O–H groups in total. The number of nitrogens with one attached hydrogen (secondary N) is 1. The first-order chi connectivity index (χ1) is 9.86. The average molecular weight is 290 g/mol. The highest BCUT2D eigenvalue weighted by atomic mass is 16.4. The summed E-state index contributed by atoms with van der Waals surface area (Å²) in [6, 6.07) is 5.38. The van der Waals surface area contributed by atoms with E-state index in [9.17, 15) is 9.59 Å². The molecule has 5 nitrogen and oxygen atoms in total. The summed E-state index contributed by atoms with van der Waals surface area (Å²) in [5, 5.41) is 11.7. The molecule has 0 atom stereocenters. The number of para-hydroxylation sites is 1. The van der Waals surface area contributed by atoms with Gasteiger partial charge in [0.2, 0.25) is 0 Å². The van der Waals surface area contributed by atoms with Gasteiger partial charge in [0.05, 0.1) is 0 Å². The number of carboxylic acids is 1. The number of carbonyl (C=O) groups excluding carboxylic acids is 1. The first-order valence-corrected chi connectivity index (χ1v) is 6.85. The van der Waals surface area contributed by atoms with Crippen molar-refractivity contribution < 1.29 is 14.7 Å². The molecule has 0 bridgehead atoms. The fourth-order valence-electron chi connectivity index (χ4n) is 2.07. The smallest absolute Gasteiger partial charge is 0.323 e. The van der Waals surface area contributed by atoms with Gasteiger partial charge in [-0.1, -0.05) is 38.1 Å². The van der Waals surface area contributed by atoms with E-state index in [-0.39, 0.29) is 19.0 Å². The predicted octanol–water partition coefficient (Wildman–Crippen LogP) is 3.22. The number of rotatable bonds is 6. The van der Waals surface area contributed by atoms with Gasteiger partial charge in [-0.05, 0) is 24.0 Å². The highest BCUT2D eigenvalue weighted by molar-refractivity contribution is 5.93. The number of benzene rings is 1. The van der Waals surface area contributed by atoms with Gasteiger partial charge in [-0.3, -0.25) is 4.79 Å². The zero-order valence-electron chi connectivity index (χ0n) is 12.7.